The first kappa shape index (κ1) is 81.8. The van der Waals surface area contributed by atoms with E-state index in [1.807, 2.05) is 32.0 Å². The zero-order valence-electron chi connectivity index (χ0n) is 58.9. The number of benzene rings is 2. The maximum Gasteiger partial charge on any atom is 0.410 e. The van der Waals surface area contributed by atoms with E-state index in [1.54, 1.807) is 120 Å². The van der Waals surface area contributed by atoms with Crippen molar-refractivity contribution < 1.29 is 71.9 Å². The maximum atomic E-state index is 14.8. The number of nitrogens with two attached hydrogens (primary N) is 1. The highest BCUT2D eigenvalue weighted by atomic mass is 32.1. The number of aromatic nitrogens is 3. The average molecular weight is 1380 g/mol. The van der Waals surface area contributed by atoms with Crippen molar-refractivity contribution in [2.24, 2.45) is 35.3 Å². The number of likely N-dealkylation sites (tertiary alicyclic amines) is 1. The van der Waals surface area contributed by atoms with Crippen LogP contribution in [0.3, 0.4) is 0 Å². The third-order valence-electron chi connectivity index (χ3n) is 17.4. The summed E-state index contributed by atoms with van der Waals surface area (Å²) in [5.74, 6) is -4.91. The lowest BCUT2D eigenvalue weighted by molar-refractivity contribution is -0.148. The van der Waals surface area contributed by atoms with E-state index in [2.05, 4.69) is 60.2 Å². The van der Waals surface area contributed by atoms with Crippen molar-refractivity contribution in [2.45, 2.75) is 187 Å². The number of likely N-dealkylation sites (N-methyl/N-ethyl adjacent to an activating group) is 2. The number of carbonyl (C=O) groups excluding carboxylic acids is 9. The zero-order chi connectivity index (χ0) is 72.1. The maximum absolute atomic E-state index is 14.8. The minimum absolute atomic E-state index is 0.0829. The van der Waals surface area contributed by atoms with Crippen molar-refractivity contribution in [1.29, 1.82) is 0 Å². The van der Waals surface area contributed by atoms with Gasteiger partial charge in [0.1, 0.15) is 35.8 Å². The average Bonchev–Trinajstić information content (AvgIpc) is 1.79. The van der Waals surface area contributed by atoms with E-state index in [1.165, 1.54) is 26.2 Å². The van der Waals surface area contributed by atoms with Gasteiger partial charge in [0, 0.05) is 53.6 Å². The van der Waals surface area contributed by atoms with E-state index in [0.717, 1.165) is 0 Å². The number of aliphatic hydroxyl groups is 1. The molecule has 30 heteroatoms. The number of thiol groups is 1. The van der Waals surface area contributed by atoms with Gasteiger partial charge < -0.3 is 81.5 Å². The number of carbonyl (C=O) groups is 9. The predicted molar refractivity (Wildman–Crippen MR) is 366 cm³/mol. The fourth-order valence-electron chi connectivity index (χ4n) is 11.7. The molecule has 1 aromatic heterocycles. The van der Waals surface area contributed by atoms with Crippen LogP contribution in [0, 0.1) is 29.6 Å². The molecular formula is C67H108N14O15S. The van der Waals surface area contributed by atoms with Gasteiger partial charge in [0.15, 0.2) is 0 Å². The van der Waals surface area contributed by atoms with Crippen LogP contribution in [0.1, 0.15) is 125 Å². The molecule has 542 valence electrons. The van der Waals surface area contributed by atoms with Crippen LogP contribution < -0.4 is 43.0 Å². The van der Waals surface area contributed by atoms with Crippen molar-refractivity contribution in [3.8, 4) is 0 Å². The smallest absolute Gasteiger partial charge is 0.410 e. The Morgan fingerprint density at radius 3 is 1.99 bits per heavy atom. The SMILES string of the molecule is CC[C@H](C)C(C(CC(=O)N1CCC[C@H]1[C@H](OC)[C@@H](C)C(=O)N[C@H](C)C(O)c1ccccc1)OC)N(C)C(=O)[C@@H](NC(=O)[C@H](C(C)C)N(C)C(=O)OCc1ccc(NC(=O)[C@H](CCCNC(N)=O)NC(=O)[C@@H](NC(=O)NCCOCCOCCn2cc(S)nn2)C(C)C)cc1)C(C)C. The molecule has 0 bridgehead atoms. The largest absolute Gasteiger partial charge is 0.445 e. The fourth-order valence-corrected chi connectivity index (χ4v) is 11.9. The van der Waals surface area contributed by atoms with Gasteiger partial charge in [-0.05, 0) is 79.5 Å². The molecule has 0 aliphatic carbocycles. The number of hydrogen-bond acceptors (Lipinski definition) is 18. The van der Waals surface area contributed by atoms with Gasteiger partial charge in [-0.15, -0.1) is 17.7 Å². The second kappa shape index (κ2) is 41.6. The van der Waals surface area contributed by atoms with Crippen molar-refractivity contribution in [3.05, 3.63) is 71.9 Å². The molecule has 1 saturated heterocycles. The number of hydrogen-bond donors (Lipinski definition) is 10. The molecule has 2 aromatic carbocycles. The highest BCUT2D eigenvalue weighted by Gasteiger charge is 2.44. The Morgan fingerprint density at radius 2 is 1.40 bits per heavy atom. The van der Waals surface area contributed by atoms with Crippen molar-refractivity contribution in [1.82, 2.24) is 61.6 Å². The van der Waals surface area contributed by atoms with Crippen LogP contribution in [0.5, 0.6) is 0 Å². The standard InChI is InChI=1S/C67H108N14O15S/c1-15-43(8)57(51(92-13)37-53(82)81-31-20-24-50(81)59(93-14)44(9)60(84)71-45(10)58(83)47-21-17-16-18-22-47)78(11)64(88)55(41(4)5)74-63(87)56(42(6)7)79(12)67(91)96-39-46-25-27-48(28-26-46)72-61(85)49(23-19-29-69-65(68)89)73-62(86)54(40(2)3)75-66(90)70-30-33-94-35-36-95-34-32-80-38-52(97)76-77-80/h16-18,21-22,25-28,38,40-45,49-51,54-59,83,97H,15,19-20,23-24,29-37,39H2,1-14H3,(H,71,84)(H,72,85)(H,73,86)(H,74,87)(H3,68,69,89)(H2,70,75,90)/t43-,44+,45+,49-,50-,51?,54-,55-,56-,57?,58?,59+/m0/s1. The number of aliphatic hydroxyl groups excluding tert-OH is 1. The van der Waals surface area contributed by atoms with Gasteiger partial charge in [-0.2, -0.15) is 0 Å². The first-order valence-corrected chi connectivity index (χ1v) is 33.9. The van der Waals surface area contributed by atoms with Crippen LogP contribution in [0.15, 0.2) is 65.8 Å². The summed E-state index contributed by atoms with van der Waals surface area (Å²) in [4.78, 5) is 128. The summed E-state index contributed by atoms with van der Waals surface area (Å²) in [6.07, 6.45) is 0.611. The number of urea groups is 2. The molecule has 1 aliphatic rings. The van der Waals surface area contributed by atoms with Crippen LogP contribution in [0.4, 0.5) is 20.1 Å². The lowest BCUT2D eigenvalue weighted by atomic mass is 9.89. The monoisotopic (exact) mass is 1380 g/mol. The Labute approximate surface area is 576 Å². The lowest BCUT2D eigenvalue weighted by Gasteiger charge is -2.41. The number of amides is 11. The molecule has 0 spiro atoms. The number of primary amides is 1. The van der Waals surface area contributed by atoms with Crippen LogP contribution >= 0.6 is 12.6 Å². The molecule has 10 N–H and O–H groups in total. The molecule has 3 unspecified atom stereocenters. The minimum Gasteiger partial charge on any atom is -0.445 e. The first-order valence-electron chi connectivity index (χ1n) is 33.4. The van der Waals surface area contributed by atoms with Gasteiger partial charge in [-0.25, -0.2) is 19.1 Å². The molecule has 11 amide bonds. The molecule has 1 fully saturated rings. The molecule has 3 aromatic rings. The van der Waals surface area contributed by atoms with Crippen LogP contribution in [0.25, 0.3) is 0 Å². The third kappa shape index (κ3) is 25.9. The molecule has 29 nitrogen and oxygen atoms in total. The third-order valence-corrected chi connectivity index (χ3v) is 17.6. The van der Waals surface area contributed by atoms with Crippen LogP contribution in [-0.2, 0) is 65.6 Å². The molecule has 0 saturated carbocycles. The Kier molecular flexibility index (Phi) is 35.1. The second-order valence-corrected chi connectivity index (χ2v) is 26.2. The Bertz CT molecular complexity index is 2960. The number of rotatable bonds is 41. The van der Waals surface area contributed by atoms with Gasteiger partial charge in [0.25, 0.3) is 0 Å². The summed E-state index contributed by atoms with van der Waals surface area (Å²) in [5.41, 5.74) is 6.79. The summed E-state index contributed by atoms with van der Waals surface area (Å²) < 4.78 is 30.4. The topological polar surface area (TPSA) is 371 Å². The van der Waals surface area contributed by atoms with E-state index in [0.29, 0.717) is 67.4 Å². The molecular weight excluding hydrogens is 1270 g/mol. The van der Waals surface area contributed by atoms with Crippen molar-refractivity contribution >= 4 is 71.9 Å². The summed E-state index contributed by atoms with van der Waals surface area (Å²) in [6.45, 7) is 20.2. The van der Waals surface area contributed by atoms with Gasteiger partial charge in [-0.1, -0.05) is 116 Å². The van der Waals surface area contributed by atoms with Gasteiger partial charge in [0.2, 0.25) is 35.4 Å². The van der Waals surface area contributed by atoms with Crippen molar-refractivity contribution in [2.75, 3.05) is 79.7 Å². The Hall–Kier alpha value is -7.64. The second-order valence-electron chi connectivity index (χ2n) is 25.7. The van der Waals surface area contributed by atoms with Gasteiger partial charge >= 0.3 is 18.2 Å². The Morgan fingerprint density at radius 1 is 0.742 bits per heavy atom. The normalized spacial score (nSPS) is 16.5. The molecule has 2 heterocycles. The fraction of sp³-hybridized carbons (Fsp3) is 0.657. The van der Waals surface area contributed by atoms with E-state index in [9.17, 15) is 48.3 Å². The molecule has 1 aliphatic heterocycles. The summed E-state index contributed by atoms with van der Waals surface area (Å²) >= 11 is 4.12. The number of methoxy groups -OCH3 is 2. The van der Waals surface area contributed by atoms with Crippen molar-refractivity contribution in [3.63, 3.8) is 0 Å². The highest BCUT2D eigenvalue weighted by Crippen LogP contribution is 2.31. The van der Waals surface area contributed by atoms with E-state index >= 15 is 0 Å². The first-order chi connectivity index (χ1) is 46.0. The Balaban J connectivity index is 1.35. The van der Waals surface area contributed by atoms with E-state index in [4.69, 9.17) is 29.4 Å². The van der Waals surface area contributed by atoms with Gasteiger partial charge in [0.05, 0.1) is 87.9 Å². The number of anilines is 1. The number of ether oxygens (including phenoxy) is 5. The van der Waals surface area contributed by atoms with Crippen LogP contribution in [0.2, 0.25) is 0 Å². The minimum atomic E-state index is -1.12. The molecule has 0 radical (unpaired) electrons. The summed E-state index contributed by atoms with van der Waals surface area (Å²) in [7, 11) is 6.09. The molecule has 12 atom stereocenters. The predicted octanol–water partition coefficient (Wildman–Crippen LogP) is 4.39. The highest BCUT2D eigenvalue weighted by molar-refractivity contribution is 7.80. The number of nitrogens with one attached hydrogen (secondary N) is 7. The van der Waals surface area contributed by atoms with Crippen LogP contribution in [-0.4, -0.2) is 217 Å². The van der Waals surface area contributed by atoms with E-state index in [-0.39, 0.29) is 69.9 Å². The molecule has 97 heavy (non-hydrogen) atoms. The van der Waals surface area contributed by atoms with Gasteiger partial charge in [-0.3, -0.25) is 33.7 Å². The zero-order valence-corrected chi connectivity index (χ0v) is 59.8. The lowest BCUT2D eigenvalue weighted by Crippen LogP contribution is -2.60. The quantitative estimate of drug-likeness (QED) is 0.0278. The summed E-state index contributed by atoms with van der Waals surface area (Å²) in [5, 5.41) is 38.4. The van der Waals surface area contributed by atoms with E-state index < -0.39 is 126 Å². The molecule has 4 rings (SSSR count). The number of nitrogens with zero attached hydrogens (tertiary/aromatic N) is 6. The summed E-state index contributed by atoms with van der Waals surface area (Å²) in [6, 6.07) is 8.10.